The topological polar surface area (TPSA) is 165 Å². The Bertz CT molecular complexity index is 692. The number of carbonyl (C=O) groups is 2. The number of aliphatic hydroxyl groups is 2. The van der Waals surface area contributed by atoms with Crippen molar-refractivity contribution in [3.63, 3.8) is 0 Å². The Balaban J connectivity index is 3.30. The molecular formula is C22H42N4O7S9. The molecule has 0 aromatic rings. The summed E-state index contributed by atoms with van der Waals surface area (Å²) in [5, 5.41) is 23.7. The van der Waals surface area contributed by atoms with Gasteiger partial charge in [0.2, 0.25) is 11.9 Å². The van der Waals surface area contributed by atoms with Crippen LogP contribution in [0, 0.1) is 0 Å². The summed E-state index contributed by atoms with van der Waals surface area (Å²) in [6.45, 7) is 0.154. The molecule has 0 aliphatic rings. The molecule has 1 atom stereocenters. The largest absolute Gasteiger partial charge is 0.611 e. The van der Waals surface area contributed by atoms with Gasteiger partial charge in [0.15, 0.2) is 0 Å². The Labute approximate surface area is 286 Å². The zero-order chi connectivity index (χ0) is 30.8. The molecule has 0 aliphatic heterocycles. The van der Waals surface area contributed by atoms with E-state index in [0.717, 1.165) is 34.5 Å². The van der Waals surface area contributed by atoms with Crippen LogP contribution in [0.4, 0.5) is 9.59 Å². The molecule has 0 heterocycles. The van der Waals surface area contributed by atoms with Crippen LogP contribution >= 0.6 is 94.1 Å². The number of carbonyl (C=O) groups excluding carboxylic acids is 2. The van der Waals surface area contributed by atoms with Gasteiger partial charge in [-0.2, -0.15) is 4.89 Å². The summed E-state index contributed by atoms with van der Waals surface area (Å²) in [5.41, 5.74) is 1.45. The second-order valence-corrected chi connectivity index (χ2v) is 17.5. The van der Waals surface area contributed by atoms with Gasteiger partial charge in [-0.15, -0.1) is 70.6 Å². The highest BCUT2D eigenvalue weighted by Crippen LogP contribution is 2.15. The van der Waals surface area contributed by atoms with Gasteiger partial charge in [0.25, 0.3) is 10.5 Å². The predicted octanol–water partition coefficient (Wildman–Crippen LogP) is 4.53. The normalized spacial score (nSPS) is 12.3. The lowest BCUT2D eigenvalue weighted by Gasteiger charge is -2.05. The number of nitrogens with one attached hydrogen (secondary N) is 2. The predicted molar refractivity (Wildman–Crippen MR) is 197 cm³/mol. The standard InChI is InChI=1S/C22H42N4O7S9/c27-3-1-5-40-21(29)25-16-36-8-6-34-14-23-13-32-33-19-38-10-11-39-20-41-22(30)26-17-37-9-7-35-15-24-18-42(31)12-2-4-28/h13,18,27-28H,1-12,14-17,19-20H2,(H,25,29)(H,26,30)/b23-13-,24-18-. The third-order valence-corrected chi connectivity index (χ3v) is 12.8. The molecule has 0 rings (SSSR count). The Kier molecular flexibility index (Phi) is 37.5. The first-order chi connectivity index (χ1) is 20.6. The van der Waals surface area contributed by atoms with Gasteiger partial charge in [-0.3, -0.25) is 9.59 Å². The summed E-state index contributed by atoms with van der Waals surface area (Å²) >= 11 is 11.3. The second-order valence-electron chi connectivity index (χ2n) is 7.18. The molecule has 0 aliphatic carbocycles. The van der Waals surface area contributed by atoms with Crippen molar-refractivity contribution >= 4 is 128 Å². The average molecular weight is 763 g/mol. The third-order valence-electron chi connectivity index (χ3n) is 3.91. The van der Waals surface area contributed by atoms with E-state index in [1.165, 1.54) is 35.5 Å². The first kappa shape index (κ1) is 43.1. The van der Waals surface area contributed by atoms with Crippen molar-refractivity contribution in [2.75, 3.05) is 93.8 Å². The van der Waals surface area contributed by atoms with Gasteiger partial charge in [-0.1, -0.05) is 23.5 Å². The van der Waals surface area contributed by atoms with Crippen molar-refractivity contribution in [2.45, 2.75) is 12.8 Å². The van der Waals surface area contributed by atoms with E-state index in [0.29, 0.717) is 58.9 Å². The molecule has 0 spiro atoms. The molecule has 4 N–H and O–H groups in total. The highest BCUT2D eigenvalue weighted by atomic mass is 32.2. The molecule has 0 saturated heterocycles. The Morgan fingerprint density at radius 1 is 0.762 bits per heavy atom. The Hall–Kier alpha value is 1.07. The van der Waals surface area contributed by atoms with E-state index in [4.69, 9.17) is 20.0 Å². The molecule has 0 fully saturated rings. The maximum Gasteiger partial charge on any atom is 0.280 e. The quantitative estimate of drug-likeness (QED) is 0.0153. The number of aliphatic hydroxyl groups excluding tert-OH is 2. The lowest BCUT2D eigenvalue weighted by atomic mass is 10.5. The Morgan fingerprint density at radius 3 is 2.05 bits per heavy atom. The summed E-state index contributed by atoms with van der Waals surface area (Å²) in [6, 6.07) is 0. The monoisotopic (exact) mass is 762 g/mol. The number of hydrogen-bond acceptors (Lipinski definition) is 17. The number of nitrogens with zero attached hydrogens (tertiary/aromatic N) is 2. The van der Waals surface area contributed by atoms with Crippen LogP contribution < -0.4 is 10.6 Å². The van der Waals surface area contributed by atoms with Gasteiger partial charge < -0.3 is 30.3 Å². The molecule has 20 heteroatoms. The molecule has 0 saturated carbocycles. The van der Waals surface area contributed by atoms with Crippen LogP contribution in [0.25, 0.3) is 0 Å². The van der Waals surface area contributed by atoms with Crippen molar-refractivity contribution in [1.29, 1.82) is 0 Å². The van der Waals surface area contributed by atoms with Crippen LogP contribution in [0.2, 0.25) is 0 Å². The minimum atomic E-state index is -1.10. The molecule has 0 radical (unpaired) electrons. The van der Waals surface area contributed by atoms with Crippen LogP contribution in [0.3, 0.4) is 0 Å². The second kappa shape index (κ2) is 36.5. The van der Waals surface area contributed by atoms with Crippen LogP contribution in [-0.2, 0) is 21.0 Å². The third kappa shape index (κ3) is 35.5. The highest BCUT2D eigenvalue weighted by Gasteiger charge is 2.03. The van der Waals surface area contributed by atoms with Crippen molar-refractivity contribution in [1.82, 2.24) is 10.6 Å². The van der Waals surface area contributed by atoms with E-state index in [2.05, 4.69) is 20.6 Å². The van der Waals surface area contributed by atoms with Crippen molar-refractivity contribution in [2.24, 2.45) is 9.98 Å². The number of hydrogen-bond donors (Lipinski definition) is 4. The molecule has 0 aromatic carbocycles. The lowest BCUT2D eigenvalue weighted by molar-refractivity contribution is -0.196. The molecule has 1 unspecified atom stereocenters. The number of amides is 2. The fourth-order valence-electron chi connectivity index (χ4n) is 2.02. The lowest BCUT2D eigenvalue weighted by Crippen LogP contribution is -2.18. The van der Waals surface area contributed by atoms with Gasteiger partial charge in [0.1, 0.15) is 11.7 Å². The van der Waals surface area contributed by atoms with Gasteiger partial charge >= 0.3 is 0 Å². The number of thioether (sulfide) groups is 8. The first-order valence-electron chi connectivity index (χ1n) is 12.7. The van der Waals surface area contributed by atoms with Crippen molar-refractivity contribution in [3.8, 4) is 0 Å². The van der Waals surface area contributed by atoms with Crippen LogP contribution in [0.1, 0.15) is 12.8 Å². The van der Waals surface area contributed by atoms with E-state index in [9.17, 15) is 14.1 Å². The average Bonchev–Trinajstić information content (AvgIpc) is 2.98. The zero-order valence-electron chi connectivity index (χ0n) is 23.4. The number of rotatable bonds is 30. The smallest absolute Gasteiger partial charge is 0.280 e. The van der Waals surface area contributed by atoms with Crippen LogP contribution in [0.5, 0.6) is 0 Å². The summed E-state index contributed by atoms with van der Waals surface area (Å²) in [5.74, 6) is 9.20. The van der Waals surface area contributed by atoms with Gasteiger partial charge in [0.05, 0.1) is 23.5 Å². The van der Waals surface area contributed by atoms with Crippen molar-refractivity contribution in [3.05, 3.63) is 0 Å². The minimum Gasteiger partial charge on any atom is -0.611 e. The Morgan fingerprint density at radius 2 is 1.36 bits per heavy atom. The maximum atomic E-state index is 11.9. The van der Waals surface area contributed by atoms with E-state index in [1.807, 2.05) is 0 Å². The molecular weight excluding hydrogens is 721 g/mol. The first-order valence-corrected chi connectivity index (χ1v) is 23.0. The minimum absolute atomic E-state index is 0.0212. The molecule has 11 nitrogen and oxygen atoms in total. The van der Waals surface area contributed by atoms with E-state index >= 15 is 0 Å². The van der Waals surface area contributed by atoms with E-state index < -0.39 is 11.2 Å². The zero-order valence-corrected chi connectivity index (χ0v) is 30.7. The van der Waals surface area contributed by atoms with Gasteiger partial charge in [-0.25, -0.2) is 9.98 Å². The molecule has 0 bridgehead atoms. The SMILES string of the molecule is O=C(NCSCCSC/N=C\OOCSCCSCSC(=O)NCSCCSC/N=C\[S+]([O-])CCCO)SCCCO. The van der Waals surface area contributed by atoms with Crippen LogP contribution in [-0.4, -0.2) is 131 Å². The highest BCUT2D eigenvalue weighted by molar-refractivity contribution is 8.24. The van der Waals surface area contributed by atoms with E-state index in [-0.39, 0.29) is 23.7 Å². The van der Waals surface area contributed by atoms with Crippen LogP contribution in [0.15, 0.2) is 9.98 Å². The van der Waals surface area contributed by atoms with Gasteiger partial charge in [-0.05, 0) is 17.6 Å². The fourth-order valence-corrected chi connectivity index (χ4v) is 9.53. The molecule has 42 heavy (non-hydrogen) atoms. The fraction of sp³-hybridized carbons (Fsp3) is 0.818. The maximum absolute atomic E-state index is 11.9. The van der Waals surface area contributed by atoms with Gasteiger partial charge in [0, 0.05) is 65.0 Å². The summed E-state index contributed by atoms with van der Waals surface area (Å²) < 4.78 is 11.5. The molecule has 2 amide bonds. The molecule has 246 valence electrons. The summed E-state index contributed by atoms with van der Waals surface area (Å²) in [4.78, 5) is 41.5. The summed E-state index contributed by atoms with van der Waals surface area (Å²) in [6.07, 6.45) is 2.45. The number of aliphatic imine (C=N–C) groups is 2. The van der Waals surface area contributed by atoms with Crippen molar-refractivity contribution < 1.29 is 34.1 Å². The van der Waals surface area contributed by atoms with E-state index in [1.54, 1.807) is 70.6 Å². The summed E-state index contributed by atoms with van der Waals surface area (Å²) in [7, 11) is 0. The molecule has 0 aromatic heterocycles.